The molecule has 0 heterocycles. The number of hydrogen-bond acceptors (Lipinski definition) is 1. The van der Waals surface area contributed by atoms with E-state index in [-0.39, 0.29) is 0 Å². The molecule has 0 bridgehead atoms. The Morgan fingerprint density at radius 3 is 0.724 bits per heavy atom. The van der Waals surface area contributed by atoms with E-state index >= 15 is 0 Å². The van der Waals surface area contributed by atoms with E-state index in [0.717, 1.165) is 26.2 Å². The van der Waals surface area contributed by atoms with Crippen LogP contribution in [0.4, 0.5) is 0 Å². The second-order valence-corrected chi connectivity index (χ2v) is 49.2. The summed E-state index contributed by atoms with van der Waals surface area (Å²) in [6.45, 7) is 13.8. The molecular weight excluding hydrogens is 619 g/mol. The Morgan fingerprint density at radius 1 is 0.414 bits per heavy atom. The van der Waals surface area contributed by atoms with Crippen molar-refractivity contribution < 1.29 is 1.29 Å². The maximum atomic E-state index is 7.99. The van der Waals surface area contributed by atoms with E-state index in [9.17, 15) is 0 Å². The van der Waals surface area contributed by atoms with Crippen LogP contribution in [0.1, 0.15) is 119 Å². The molecule has 0 aromatic rings. The van der Waals surface area contributed by atoms with Crippen molar-refractivity contribution in [1.82, 2.24) is 0 Å². The predicted octanol–water partition coefficient (Wildman–Crippen LogP) is 11.1. The first-order valence-electron chi connectivity index (χ1n) is 12.8. The molecule has 0 atom stereocenters. The predicted molar refractivity (Wildman–Crippen MR) is 143 cm³/mol. The van der Waals surface area contributed by atoms with Gasteiger partial charge < -0.3 is 0 Å². The molecule has 0 unspecified atom stereocenters. The van der Waals surface area contributed by atoms with Crippen LogP contribution in [-0.2, 0) is 1.29 Å². The van der Waals surface area contributed by atoms with E-state index in [4.69, 9.17) is 19.0 Å². The van der Waals surface area contributed by atoms with Gasteiger partial charge in [-0.05, 0) is 0 Å². The second kappa shape index (κ2) is 15.2. The molecule has 0 radical (unpaired) electrons. The summed E-state index contributed by atoms with van der Waals surface area (Å²) < 4.78 is 14.7. The van der Waals surface area contributed by atoms with Gasteiger partial charge in [0.2, 0.25) is 0 Å². The SMILES string of the molecule is CCC[CH2][Sb]([Cl])([CH2]CCC)([CH2]CCC)[O][Sb]([Cl])([CH2]CCC)([CH2]CCC)[CH2]CCC. The van der Waals surface area contributed by atoms with Crippen LogP contribution < -0.4 is 0 Å². The van der Waals surface area contributed by atoms with Crippen molar-refractivity contribution in [1.29, 1.82) is 0 Å². The fraction of sp³-hybridized carbons (Fsp3) is 1.00. The van der Waals surface area contributed by atoms with Gasteiger partial charge in [0.25, 0.3) is 0 Å². The van der Waals surface area contributed by atoms with Crippen LogP contribution in [0.2, 0.25) is 26.2 Å². The molecule has 29 heavy (non-hydrogen) atoms. The van der Waals surface area contributed by atoms with E-state index in [0.29, 0.717) is 0 Å². The Balaban J connectivity index is 6.30. The van der Waals surface area contributed by atoms with E-state index < -0.39 is 33.4 Å². The van der Waals surface area contributed by atoms with Gasteiger partial charge in [0.15, 0.2) is 0 Å². The van der Waals surface area contributed by atoms with E-state index in [1.807, 2.05) is 0 Å². The molecule has 0 amide bonds. The van der Waals surface area contributed by atoms with E-state index in [2.05, 4.69) is 41.5 Å². The van der Waals surface area contributed by atoms with Gasteiger partial charge in [-0.15, -0.1) is 0 Å². The van der Waals surface area contributed by atoms with Crippen LogP contribution in [0.25, 0.3) is 0 Å². The molecule has 5 heteroatoms. The molecule has 0 aromatic heterocycles. The number of halogens is 2. The van der Waals surface area contributed by atoms with Gasteiger partial charge in [0, 0.05) is 0 Å². The summed E-state index contributed by atoms with van der Waals surface area (Å²) in [5.74, 6) is 0. The number of hydrogen-bond donors (Lipinski definition) is 0. The fourth-order valence-corrected chi connectivity index (χ4v) is 79.6. The molecule has 0 fully saturated rings. The van der Waals surface area contributed by atoms with Gasteiger partial charge in [0.05, 0.1) is 0 Å². The van der Waals surface area contributed by atoms with Gasteiger partial charge in [-0.2, -0.15) is 0 Å². The standard InChI is InChI=1S/6C4H9.2ClH.O.2Sb/c6*1-3-4-2;;;;;/h6*1,3-4H2,2H3;2*1H;;;/q;;;;;;;;;2*+1/p-2. The van der Waals surface area contributed by atoms with Crippen molar-refractivity contribution in [3.05, 3.63) is 0 Å². The Bertz CT molecular complexity index is 344. The third kappa shape index (κ3) is 11.2. The normalized spacial score (nSPS) is 15.6. The summed E-state index contributed by atoms with van der Waals surface area (Å²) >= 11 is -7.58. The summed E-state index contributed by atoms with van der Waals surface area (Å²) in [6, 6.07) is 0. The second-order valence-electron chi connectivity index (χ2n) is 9.52. The minimum absolute atomic E-state index is 1.16. The van der Waals surface area contributed by atoms with Crippen LogP contribution in [0.15, 0.2) is 0 Å². The summed E-state index contributed by atoms with van der Waals surface area (Å²) in [7, 11) is 16.0. The molecule has 0 rings (SSSR count). The molecule has 0 saturated carbocycles. The van der Waals surface area contributed by atoms with Gasteiger partial charge in [-0.3, -0.25) is 0 Å². The van der Waals surface area contributed by atoms with Gasteiger partial charge in [0.1, 0.15) is 0 Å². The maximum absolute atomic E-state index is 7.99. The van der Waals surface area contributed by atoms with Gasteiger partial charge >= 0.3 is 197 Å². The van der Waals surface area contributed by atoms with Gasteiger partial charge in [-0.25, -0.2) is 0 Å². The molecule has 1 nitrogen and oxygen atoms in total. The minimum atomic E-state index is -3.79. The molecule has 180 valence electrons. The molecule has 0 N–H and O–H groups in total. The van der Waals surface area contributed by atoms with Crippen LogP contribution in [-0.4, -0.2) is 33.4 Å². The summed E-state index contributed by atoms with van der Waals surface area (Å²) in [5.41, 5.74) is 0. The zero-order chi connectivity index (χ0) is 22.3. The Morgan fingerprint density at radius 2 is 0.586 bits per heavy atom. The molecule has 0 aromatic carbocycles. The topological polar surface area (TPSA) is 9.23 Å². The van der Waals surface area contributed by atoms with Crippen molar-refractivity contribution in [3.63, 3.8) is 0 Å². The van der Waals surface area contributed by atoms with E-state index in [1.54, 1.807) is 0 Å². The average molecular weight is 673 g/mol. The molecule has 0 aliphatic heterocycles. The van der Waals surface area contributed by atoms with Crippen LogP contribution in [0.5, 0.6) is 0 Å². The summed E-state index contributed by atoms with van der Waals surface area (Å²) in [4.78, 5) is 0. The van der Waals surface area contributed by atoms with Crippen LogP contribution >= 0.6 is 17.7 Å². The monoisotopic (exact) mass is 670 g/mol. The van der Waals surface area contributed by atoms with E-state index in [1.165, 1.54) is 77.0 Å². The molecule has 0 aliphatic rings. The zero-order valence-corrected chi connectivity index (χ0v) is 27.4. The van der Waals surface area contributed by atoms with Crippen molar-refractivity contribution >= 4 is 51.0 Å². The molecule has 0 spiro atoms. The van der Waals surface area contributed by atoms with Crippen molar-refractivity contribution in [2.24, 2.45) is 0 Å². The number of rotatable bonds is 20. The first kappa shape index (κ1) is 31.2. The fourth-order valence-electron chi connectivity index (χ4n) is 4.46. The zero-order valence-electron chi connectivity index (χ0n) is 20.8. The van der Waals surface area contributed by atoms with Crippen molar-refractivity contribution in [2.75, 3.05) is 0 Å². The van der Waals surface area contributed by atoms with Crippen molar-refractivity contribution in [2.45, 2.75) is 145 Å². The van der Waals surface area contributed by atoms with Crippen molar-refractivity contribution in [3.8, 4) is 0 Å². The average Bonchev–Trinajstić information content (AvgIpc) is 2.72. The van der Waals surface area contributed by atoms with Gasteiger partial charge in [-0.1, -0.05) is 0 Å². The summed E-state index contributed by atoms with van der Waals surface area (Å²) in [6.07, 6.45) is 14.6. The van der Waals surface area contributed by atoms with Crippen LogP contribution in [0.3, 0.4) is 0 Å². The van der Waals surface area contributed by atoms with Crippen LogP contribution in [0, 0.1) is 0 Å². The third-order valence-electron chi connectivity index (χ3n) is 6.43. The first-order chi connectivity index (χ1) is 13.7. The molecular formula is C24H54Cl2OSb2. The number of unbranched alkanes of at least 4 members (excludes halogenated alkanes) is 6. The third-order valence-corrected chi connectivity index (χ3v) is 59.0. The quantitative estimate of drug-likeness (QED) is 0.117. The Labute approximate surface area is 195 Å². The molecule has 0 aliphatic carbocycles. The summed E-state index contributed by atoms with van der Waals surface area (Å²) in [5, 5.41) is 0. The first-order valence-corrected chi connectivity index (χ1v) is 32.2. The Hall–Kier alpha value is 2.18. The molecule has 0 saturated heterocycles. The Kier molecular flexibility index (Phi) is 16.3.